The molecule has 222 valence electrons. The van der Waals surface area contributed by atoms with Crippen molar-refractivity contribution in [3.63, 3.8) is 0 Å². The SMILES string of the molecule is S=P(c1ccccc1)(c1ccccc1)c1ccccc1-c1cccc(-c2ccccc2P(=S)(c2ccccc2)c2ccccc2)n1. The molecule has 0 spiro atoms. The lowest BCUT2D eigenvalue weighted by molar-refractivity contribution is 1.33. The molecule has 0 atom stereocenters. The Bertz CT molecular complexity index is 1960. The molecule has 0 saturated carbocycles. The molecule has 0 bridgehead atoms. The smallest absolute Gasteiger partial charge is 0.0716 e. The number of hydrogen-bond acceptors (Lipinski definition) is 3. The van der Waals surface area contributed by atoms with Crippen molar-refractivity contribution < 1.29 is 0 Å². The molecule has 7 aromatic rings. The lowest BCUT2D eigenvalue weighted by atomic mass is 10.1. The van der Waals surface area contributed by atoms with Crippen molar-refractivity contribution in [1.29, 1.82) is 0 Å². The molecule has 1 aromatic heterocycles. The first-order valence-corrected chi connectivity index (χ1v) is 20.8. The van der Waals surface area contributed by atoms with Crippen LogP contribution in [-0.2, 0) is 23.6 Å². The van der Waals surface area contributed by atoms with Crippen LogP contribution in [0.1, 0.15) is 0 Å². The molecule has 1 heterocycles. The normalized spacial score (nSPS) is 11.7. The van der Waals surface area contributed by atoms with Crippen molar-refractivity contribution in [1.82, 2.24) is 4.98 Å². The number of rotatable bonds is 8. The molecular weight excluding hydrogens is 633 g/mol. The van der Waals surface area contributed by atoms with E-state index in [0.29, 0.717) is 0 Å². The summed E-state index contributed by atoms with van der Waals surface area (Å²) in [5, 5.41) is 6.93. The Morgan fingerprint density at radius 3 is 0.913 bits per heavy atom. The fraction of sp³-hybridized carbons (Fsp3) is 0. The van der Waals surface area contributed by atoms with Crippen molar-refractivity contribution in [3.05, 3.63) is 188 Å². The maximum Gasteiger partial charge on any atom is 0.0716 e. The van der Waals surface area contributed by atoms with Crippen molar-refractivity contribution in [3.8, 4) is 22.5 Å². The van der Waals surface area contributed by atoms with E-state index in [2.05, 4.69) is 188 Å². The van der Waals surface area contributed by atoms with Crippen LogP contribution in [0.2, 0.25) is 0 Å². The second kappa shape index (κ2) is 13.2. The third-order valence-corrected chi connectivity index (χ3v) is 18.2. The monoisotopic (exact) mass is 663 g/mol. The fourth-order valence-corrected chi connectivity index (χ4v) is 14.2. The number of nitrogens with zero attached hydrogens (tertiary/aromatic N) is 1. The van der Waals surface area contributed by atoms with E-state index in [-0.39, 0.29) is 0 Å². The predicted molar refractivity (Wildman–Crippen MR) is 207 cm³/mol. The van der Waals surface area contributed by atoms with E-state index in [1.807, 2.05) is 0 Å². The number of aromatic nitrogens is 1. The standard InChI is InChI=1S/C41H31NP2S2/c45-43(32-18-5-1-6-19-32,33-20-7-2-8-21-33)40-30-15-13-26-36(40)38-28-17-29-39(42-38)37-27-14-16-31-41(37)44(46,34-22-9-3-10-23-34)35-24-11-4-12-25-35/h1-31H. The summed E-state index contributed by atoms with van der Waals surface area (Å²) in [6, 6.07) is 60.9. The minimum atomic E-state index is -2.40. The first-order chi connectivity index (χ1) is 22.6. The molecule has 7 rings (SSSR count). The zero-order valence-electron chi connectivity index (χ0n) is 25.1. The van der Waals surface area contributed by atoms with Crippen LogP contribution >= 0.6 is 12.1 Å². The van der Waals surface area contributed by atoms with Crippen LogP contribution in [0.25, 0.3) is 22.5 Å². The first-order valence-electron chi connectivity index (χ1n) is 15.2. The zero-order valence-corrected chi connectivity index (χ0v) is 28.5. The molecule has 0 amide bonds. The number of hydrogen-bond donors (Lipinski definition) is 0. The molecular formula is C41H31NP2S2. The highest BCUT2D eigenvalue weighted by atomic mass is 32.4. The van der Waals surface area contributed by atoms with Crippen molar-refractivity contribution >= 4 is 67.5 Å². The molecule has 0 aliphatic carbocycles. The summed E-state index contributed by atoms with van der Waals surface area (Å²) in [5.41, 5.74) is 3.92. The molecule has 0 radical (unpaired) electrons. The zero-order chi connectivity index (χ0) is 31.4. The molecule has 0 unspecified atom stereocenters. The molecule has 6 aromatic carbocycles. The van der Waals surface area contributed by atoms with Gasteiger partial charge in [0.2, 0.25) is 0 Å². The van der Waals surface area contributed by atoms with E-state index in [0.717, 1.165) is 54.3 Å². The van der Waals surface area contributed by atoms with E-state index in [1.54, 1.807) is 0 Å². The Kier molecular flexibility index (Phi) is 8.76. The molecule has 5 heteroatoms. The molecule has 0 N–H and O–H groups in total. The fourth-order valence-electron chi connectivity index (χ4n) is 6.07. The highest BCUT2D eigenvalue weighted by molar-refractivity contribution is 8.26. The second-order valence-corrected chi connectivity index (χ2v) is 19.8. The first kappa shape index (κ1) is 30.4. The van der Waals surface area contributed by atoms with Gasteiger partial charge in [-0.15, -0.1) is 0 Å². The van der Waals surface area contributed by atoms with Gasteiger partial charge in [0, 0.05) is 33.8 Å². The Balaban J connectivity index is 1.42. The van der Waals surface area contributed by atoms with E-state index < -0.39 is 12.1 Å². The van der Waals surface area contributed by atoms with Crippen molar-refractivity contribution in [2.75, 3.05) is 0 Å². The van der Waals surface area contributed by atoms with Gasteiger partial charge in [-0.05, 0) is 33.4 Å². The van der Waals surface area contributed by atoms with Gasteiger partial charge in [0.15, 0.2) is 0 Å². The van der Waals surface area contributed by atoms with Gasteiger partial charge in [0.05, 0.1) is 11.4 Å². The summed E-state index contributed by atoms with van der Waals surface area (Å²) in [5.74, 6) is 0. The van der Waals surface area contributed by atoms with E-state index in [4.69, 9.17) is 28.6 Å². The van der Waals surface area contributed by atoms with Gasteiger partial charge >= 0.3 is 0 Å². The Hall–Kier alpha value is -4.23. The minimum absolute atomic E-state index is 0.900. The van der Waals surface area contributed by atoms with Crippen LogP contribution in [0.4, 0.5) is 0 Å². The second-order valence-electron chi connectivity index (χ2n) is 11.0. The van der Waals surface area contributed by atoms with Gasteiger partial charge in [-0.2, -0.15) is 0 Å². The third-order valence-electron chi connectivity index (χ3n) is 8.27. The lowest BCUT2D eigenvalue weighted by Crippen LogP contribution is -2.26. The Morgan fingerprint density at radius 1 is 0.304 bits per heavy atom. The molecule has 0 saturated heterocycles. The average molecular weight is 664 g/mol. The van der Waals surface area contributed by atoms with Crippen LogP contribution < -0.4 is 31.8 Å². The highest BCUT2D eigenvalue weighted by Crippen LogP contribution is 2.47. The number of pyridine rings is 1. The molecule has 0 aliphatic rings. The van der Waals surface area contributed by atoms with Gasteiger partial charge in [-0.3, -0.25) is 0 Å². The summed E-state index contributed by atoms with van der Waals surface area (Å²) in [6.07, 6.45) is 0. The third kappa shape index (κ3) is 5.55. The highest BCUT2D eigenvalue weighted by Gasteiger charge is 2.30. The maximum atomic E-state index is 6.77. The summed E-state index contributed by atoms with van der Waals surface area (Å²) in [6.45, 7) is 0. The van der Waals surface area contributed by atoms with Gasteiger partial charge < -0.3 is 0 Å². The largest absolute Gasteiger partial charge is 0.248 e. The van der Waals surface area contributed by atoms with Crippen molar-refractivity contribution in [2.24, 2.45) is 0 Å². The van der Waals surface area contributed by atoms with Gasteiger partial charge in [-0.25, -0.2) is 4.98 Å². The number of benzene rings is 6. The van der Waals surface area contributed by atoms with Gasteiger partial charge in [-0.1, -0.05) is 200 Å². The molecule has 0 fully saturated rings. The molecule has 1 nitrogen and oxygen atoms in total. The van der Waals surface area contributed by atoms with Crippen LogP contribution in [-0.4, -0.2) is 4.98 Å². The molecule has 0 aliphatic heterocycles. The lowest BCUT2D eigenvalue weighted by Gasteiger charge is -2.27. The van der Waals surface area contributed by atoms with E-state index in [9.17, 15) is 0 Å². The quantitative estimate of drug-likeness (QED) is 0.153. The van der Waals surface area contributed by atoms with E-state index >= 15 is 0 Å². The van der Waals surface area contributed by atoms with E-state index in [1.165, 1.54) is 0 Å². The van der Waals surface area contributed by atoms with Crippen LogP contribution in [0.15, 0.2) is 188 Å². The Morgan fingerprint density at radius 2 is 0.587 bits per heavy atom. The summed E-state index contributed by atoms with van der Waals surface area (Å²) < 4.78 is 0. The summed E-state index contributed by atoms with van der Waals surface area (Å²) in [4.78, 5) is 5.38. The van der Waals surface area contributed by atoms with Crippen molar-refractivity contribution in [2.45, 2.75) is 0 Å². The maximum absolute atomic E-state index is 6.77. The Labute approximate surface area is 281 Å². The van der Waals surface area contributed by atoms with Gasteiger partial charge in [0.1, 0.15) is 0 Å². The summed E-state index contributed by atoms with van der Waals surface area (Å²) in [7, 11) is 0. The predicted octanol–water partition coefficient (Wildman–Crippen LogP) is 7.93. The summed E-state index contributed by atoms with van der Waals surface area (Å²) >= 11 is 13.5. The average Bonchev–Trinajstić information content (AvgIpc) is 3.15. The van der Waals surface area contributed by atoms with Crippen LogP contribution in [0.5, 0.6) is 0 Å². The minimum Gasteiger partial charge on any atom is -0.248 e. The topological polar surface area (TPSA) is 12.9 Å². The van der Waals surface area contributed by atoms with Gasteiger partial charge in [0.25, 0.3) is 0 Å². The van der Waals surface area contributed by atoms with Crippen LogP contribution in [0.3, 0.4) is 0 Å². The molecule has 46 heavy (non-hydrogen) atoms. The van der Waals surface area contributed by atoms with Crippen LogP contribution in [0, 0.1) is 0 Å².